The van der Waals surface area contributed by atoms with Gasteiger partial charge >= 0.3 is 0 Å². The van der Waals surface area contributed by atoms with E-state index in [9.17, 15) is 4.79 Å². The summed E-state index contributed by atoms with van der Waals surface area (Å²) in [5.41, 5.74) is 7.03. The molecule has 0 bridgehead atoms. The highest BCUT2D eigenvalue weighted by atomic mass is 79.9. The highest BCUT2D eigenvalue weighted by molar-refractivity contribution is 9.10. The molecule has 0 aliphatic carbocycles. The Morgan fingerprint density at radius 2 is 2.24 bits per heavy atom. The number of ether oxygens (including phenoxy) is 1. The highest BCUT2D eigenvalue weighted by Gasteiger charge is 2.36. The minimum absolute atomic E-state index is 0.0512. The molecule has 0 saturated carbocycles. The number of carbonyl (C=O) groups excluding carboxylic acids is 1. The van der Waals surface area contributed by atoms with Gasteiger partial charge in [-0.2, -0.15) is 0 Å². The zero-order valence-corrected chi connectivity index (χ0v) is 11.4. The first-order valence-electron chi connectivity index (χ1n) is 5.39. The second kappa shape index (κ2) is 4.66. The van der Waals surface area contributed by atoms with Gasteiger partial charge in [-0.3, -0.25) is 4.79 Å². The molecule has 1 aromatic rings. The molecule has 1 heterocycles. The summed E-state index contributed by atoms with van der Waals surface area (Å²) in [5.74, 6) is 0.865. The summed E-state index contributed by atoms with van der Waals surface area (Å²) in [6.07, 6.45) is 0.408. The minimum atomic E-state index is -0.146. The largest absolute Gasteiger partial charge is 0.496 e. The van der Waals surface area contributed by atoms with Crippen molar-refractivity contribution in [2.75, 3.05) is 14.2 Å². The molecule has 1 amide bonds. The van der Waals surface area contributed by atoms with Gasteiger partial charge in [-0.05, 0) is 33.6 Å². The monoisotopic (exact) mass is 298 g/mol. The average molecular weight is 299 g/mol. The normalized spacial score (nSPS) is 24.2. The maximum absolute atomic E-state index is 11.6. The molecule has 0 aromatic heterocycles. The Balaban J connectivity index is 2.34. The second-order valence-electron chi connectivity index (χ2n) is 4.21. The fraction of sp³-hybridized carbons (Fsp3) is 0.417. The predicted molar refractivity (Wildman–Crippen MR) is 68.8 cm³/mol. The smallest absolute Gasteiger partial charge is 0.224 e. The van der Waals surface area contributed by atoms with Gasteiger partial charge in [0.2, 0.25) is 5.91 Å². The molecule has 17 heavy (non-hydrogen) atoms. The van der Waals surface area contributed by atoms with Crippen LogP contribution in [0.15, 0.2) is 22.7 Å². The van der Waals surface area contributed by atoms with Crippen molar-refractivity contribution in [2.24, 2.45) is 5.73 Å². The first kappa shape index (κ1) is 12.4. The van der Waals surface area contributed by atoms with Crippen LogP contribution in [0, 0.1) is 0 Å². The molecular weight excluding hydrogens is 284 g/mol. The summed E-state index contributed by atoms with van der Waals surface area (Å²) in [6, 6.07) is 5.59. The third-order valence-corrected chi connectivity index (χ3v) is 3.76. The zero-order chi connectivity index (χ0) is 12.6. The van der Waals surface area contributed by atoms with E-state index in [1.807, 2.05) is 18.2 Å². The molecule has 2 rings (SSSR count). The maximum atomic E-state index is 11.6. The maximum Gasteiger partial charge on any atom is 0.224 e. The number of amides is 1. The first-order chi connectivity index (χ1) is 8.04. The van der Waals surface area contributed by atoms with Crippen LogP contribution < -0.4 is 10.5 Å². The van der Waals surface area contributed by atoms with E-state index in [-0.39, 0.29) is 18.0 Å². The molecule has 92 valence electrons. The number of likely N-dealkylation sites (N-methyl/N-ethyl adjacent to an activating group) is 1. The van der Waals surface area contributed by atoms with E-state index in [1.165, 1.54) is 0 Å². The number of methoxy groups -OCH3 is 1. The van der Waals surface area contributed by atoms with E-state index in [1.54, 1.807) is 19.1 Å². The summed E-state index contributed by atoms with van der Waals surface area (Å²) in [5, 5.41) is 0. The first-order valence-corrected chi connectivity index (χ1v) is 6.18. The van der Waals surface area contributed by atoms with Crippen LogP contribution in [0.1, 0.15) is 18.0 Å². The van der Waals surface area contributed by atoms with Crippen molar-refractivity contribution in [3.63, 3.8) is 0 Å². The van der Waals surface area contributed by atoms with Crippen LogP contribution in [0.4, 0.5) is 0 Å². The Morgan fingerprint density at radius 3 is 2.71 bits per heavy atom. The molecule has 2 atom stereocenters. The van der Waals surface area contributed by atoms with E-state index in [0.29, 0.717) is 6.42 Å². The van der Waals surface area contributed by atoms with Gasteiger partial charge < -0.3 is 15.4 Å². The van der Waals surface area contributed by atoms with Gasteiger partial charge in [0.15, 0.2) is 0 Å². The number of benzene rings is 1. The highest BCUT2D eigenvalue weighted by Crippen LogP contribution is 2.34. The standard InChI is InChI=1S/C12H15BrN2O2/c1-15-11(16)6-9(14)12(15)7-3-4-10(17-2)8(13)5-7/h3-5,9,12H,6,14H2,1-2H3. The molecule has 1 fully saturated rings. The number of rotatable bonds is 2. The van der Waals surface area contributed by atoms with E-state index in [0.717, 1.165) is 15.8 Å². The van der Waals surface area contributed by atoms with Crippen LogP contribution in [-0.2, 0) is 4.79 Å². The summed E-state index contributed by atoms with van der Waals surface area (Å²) < 4.78 is 6.05. The molecular formula is C12H15BrN2O2. The van der Waals surface area contributed by atoms with Crippen LogP contribution in [0.25, 0.3) is 0 Å². The summed E-state index contributed by atoms with van der Waals surface area (Å²) in [6.45, 7) is 0. The van der Waals surface area contributed by atoms with Crippen LogP contribution in [-0.4, -0.2) is 31.0 Å². The van der Waals surface area contributed by atoms with Gasteiger partial charge in [-0.15, -0.1) is 0 Å². The van der Waals surface area contributed by atoms with E-state index >= 15 is 0 Å². The molecule has 0 radical (unpaired) electrons. The Labute approximate surface area is 109 Å². The summed E-state index contributed by atoms with van der Waals surface area (Å²) in [7, 11) is 3.41. The van der Waals surface area contributed by atoms with E-state index in [2.05, 4.69) is 15.9 Å². The van der Waals surface area contributed by atoms with Crippen molar-refractivity contribution in [2.45, 2.75) is 18.5 Å². The molecule has 1 aliphatic rings. The molecule has 1 saturated heterocycles. The number of hydrogen-bond acceptors (Lipinski definition) is 3. The van der Waals surface area contributed by atoms with E-state index < -0.39 is 0 Å². The average Bonchev–Trinajstić information content (AvgIpc) is 2.53. The minimum Gasteiger partial charge on any atom is -0.496 e. The number of likely N-dealkylation sites (tertiary alicyclic amines) is 1. The van der Waals surface area contributed by atoms with E-state index in [4.69, 9.17) is 10.5 Å². The third-order valence-electron chi connectivity index (χ3n) is 3.14. The molecule has 4 nitrogen and oxygen atoms in total. The van der Waals surface area contributed by atoms with Gasteiger partial charge in [0, 0.05) is 19.5 Å². The molecule has 1 aromatic carbocycles. The van der Waals surface area contributed by atoms with Crippen molar-refractivity contribution in [1.82, 2.24) is 4.90 Å². The van der Waals surface area contributed by atoms with Crippen LogP contribution in [0.2, 0.25) is 0 Å². The van der Waals surface area contributed by atoms with Gasteiger partial charge in [-0.1, -0.05) is 6.07 Å². The van der Waals surface area contributed by atoms with Crippen molar-refractivity contribution in [1.29, 1.82) is 0 Å². The number of halogens is 1. The van der Waals surface area contributed by atoms with Gasteiger partial charge in [-0.25, -0.2) is 0 Å². The fourth-order valence-corrected chi connectivity index (χ4v) is 2.80. The lowest BCUT2D eigenvalue weighted by atomic mass is 10.0. The lowest BCUT2D eigenvalue weighted by Crippen LogP contribution is -2.30. The Morgan fingerprint density at radius 1 is 1.53 bits per heavy atom. The number of hydrogen-bond donors (Lipinski definition) is 1. The molecule has 1 aliphatic heterocycles. The van der Waals surface area contributed by atoms with Gasteiger partial charge in [0.05, 0.1) is 17.6 Å². The SMILES string of the molecule is COc1ccc(C2C(N)CC(=O)N2C)cc1Br. The predicted octanol–water partition coefficient (Wildman–Crippen LogP) is 1.69. The molecule has 0 spiro atoms. The van der Waals surface area contributed by atoms with Gasteiger partial charge in [0.25, 0.3) is 0 Å². The van der Waals surface area contributed by atoms with Crippen LogP contribution in [0.5, 0.6) is 5.75 Å². The zero-order valence-electron chi connectivity index (χ0n) is 9.81. The molecule has 2 N–H and O–H groups in total. The van der Waals surface area contributed by atoms with Crippen molar-refractivity contribution in [3.8, 4) is 5.75 Å². The fourth-order valence-electron chi connectivity index (χ4n) is 2.24. The molecule has 5 heteroatoms. The Bertz CT molecular complexity index is 450. The lowest BCUT2D eigenvalue weighted by molar-refractivity contribution is -0.127. The number of nitrogens with two attached hydrogens (primary N) is 1. The van der Waals surface area contributed by atoms with Gasteiger partial charge in [0.1, 0.15) is 5.75 Å². The Hall–Kier alpha value is -1.07. The van der Waals surface area contributed by atoms with Crippen LogP contribution >= 0.6 is 15.9 Å². The number of nitrogens with zero attached hydrogens (tertiary/aromatic N) is 1. The van der Waals surface area contributed by atoms with Crippen molar-refractivity contribution < 1.29 is 9.53 Å². The Kier molecular flexibility index (Phi) is 3.40. The lowest BCUT2D eigenvalue weighted by Gasteiger charge is -2.23. The second-order valence-corrected chi connectivity index (χ2v) is 5.07. The molecule has 2 unspecified atom stereocenters. The number of carbonyl (C=O) groups is 1. The van der Waals surface area contributed by atoms with Crippen molar-refractivity contribution in [3.05, 3.63) is 28.2 Å². The quantitative estimate of drug-likeness (QED) is 0.904. The van der Waals surface area contributed by atoms with Crippen LogP contribution in [0.3, 0.4) is 0 Å². The van der Waals surface area contributed by atoms with Crippen molar-refractivity contribution >= 4 is 21.8 Å². The summed E-state index contributed by atoms with van der Waals surface area (Å²) in [4.78, 5) is 13.3. The third kappa shape index (κ3) is 2.17. The topological polar surface area (TPSA) is 55.6 Å². The summed E-state index contributed by atoms with van der Waals surface area (Å²) >= 11 is 3.44.